The highest BCUT2D eigenvalue weighted by Gasteiger charge is 2.20. The maximum atomic E-state index is 11.7. The predicted octanol–water partition coefficient (Wildman–Crippen LogP) is 1.44. The van der Waals surface area contributed by atoms with Gasteiger partial charge in [0.25, 0.3) is 0 Å². The molecule has 0 amide bonds. The molecule has 0 radical (unpaired) electrons. The lowest BCUT2D eigenvalue weighted by Gasteiger charge is -2.13. The third-order valence-electron chi connectivity index (χ3n) is 2.30. The van der Waals surface area contributed by atoms with Crippen molar-refractivity contribution in [1.82, 2.24) is 0 Å². The number of nitrogens with two attached hydrogens (primary N) is 1. The summed E-state index contributed by atoms with van der Waals surface area (Å²) in [6.45, 7) is 6.27. The van der Waals surface area contributed by atoms with Crippen molar-refractivity contribution >= 4 is 12.3 Å². The highest BCUT2D eigenvalue weighted by Crippen LogP contribution is 2.17. The van der Waals surface area contributed by atoms with E-state index >= 15 is 0 Å². The van der Waals surface area contributed by atoms with Gasteiger partial charge in [-0.3, -0.25) is 0 Å². The Morgan fingerprint density at radius 3 is 2.56 bits per heavy atom. The number of carbonyl (C=O) groups is 2. The molecule has 0 saturated carbocycles. The van der Waals surface area contributed by atoms with Gasteiger partial charge in [-0.05, 0) is 26.3 Å². The van der Waals surface area contributed by atoms with Crippen molar-refractivity contribution in [2.45, 2.75) is 33.6 Å². The molecule has 0 bridgehead atoms. The summed E-state index contributed by atoms with van der Waals surface area (Å²) in [4.78, 5) is 22.5. The Kier molecular flexibility index (Phi) is 7.46. The summed E-state index contributed by atoms with van der Waals surface area (Å²) < 4.78 is 5.05. The lowest BCUT2D eigenvalue weighted by molar-refractivity contribution is -0.140. The fraction of sp³-hybridized carbons (Fsp3) is 0.667. The molecule has 0 rings (SSSR count). The van der Waals surface area contributed by atoms with Crippen LogP contribution in [0.1, 0.15) is 33.6 Å². The van der Waals surface area contributed by atoms with Crippen LogP contribution in [0, 0.1) is 5.92 Å². The smallest absolute Gasteiger partial charge is 0.334 e. The van der Waals surface area contributed by atoms with Crippen LogP contribution in [0.25, 0.3) is 0 Å². The van der Waals surface area contributed by atoms with Gasteiger partial charge in [-0.2, -0.15) is 0 Å². The van der Waals surface area contributed by atoms with Gasteiger partial charge in [0.1, 0.15) is 6.29 Å². The Bertz CT molecular complexity index is 271. The Balaban J connectivity index is 4.86. The molecule has 4 nitrogen and oxygen atoms in total. The van der Waals surface area contributed by atoms with Gasteiger partial charge in [-0.25, -0.2) is 4.79 Å². The van der Waals surface area contributed by atoms with Crippen LogP contribution >= 0.6 is 0 Å². The summed E-state index contributed by atoms with van der Waals surface area (Å²) in [5, 5.41) is 0. The monoisotopic (exact) mass is 227 g/mol. The van der Waals surface area contributed by atoms with Gasteiger partial charge < -0.3 is 15.3 Å². The average Bonchev–Trinajstić information content (AvgIpc) is 2.26. The first-order valence-electron chi connectivity index (χ1n) is 5.60. The van der Waals surface area contributed by atoms with E-state index in [0.717, 1.165) is 18.3 Å². The van der Waals surface area contributed by atoms with E-state index in [4.69, 9.17) is 10.5 Å². The molecule has 0 aromatic rings. The molecule has 0 saturated heterocycles. The first kappa shape index (κ1) is 14.8. The molecule has 16 heavy (non-hydrogen) atoms. The maximum absolute atomic E-state index is 11.7. The quantitative estimate of drug-likeness (QED) is 0.406. The minimum absolute atomic E-state index is 0.379. The molecule has 0 aliphatic rings. The number of esters is 1. The zero-order chi connectivity index (χ0) is 12.6. The van der Waals surface area contributed by atoms with Gasteiger partial charge in [0.05, 0.1) is 6.61 Å². The van der Waals surface area contributed by atoms with Crippen LogP contribution in [0.5, 0.6) is 0 Å². The zero-order valence-corrected chi connectivity index (χ0v) is 10.3. The minimum atomic E-state index is -0.434. The van der Waals surface area contributed by atoms with Crippen LogP contribution in [0.2, 0.25) is 0 Å². The van der Waals surface area contributed by atoms with Gasteiger partial charge >= 0.3 is 5.97 Å². The summed E-state index contributed by atoms with van der Waals surface area (Å²) in [6, 6.07) is 0. The zero-order valence-electron chi connectivity index (χ0n) is 10.3. The van der Waals surface area contributed by atoms with E-state index in [0.29, 0.717) is 25.1 Å². The Labute approximate surface area is 96.8 Å². The molecule has 92 valence electrons. The normalized spacial score (nSPS) is 14.0. The molecule has 0 aromatic heterocycles. The molecule has 1 unspecified atom stereocenters. The Hall–Kier alpha value is -1.16. The van der Waals surface area contributed by atoms with Crippen LogP contribution in [-0.2, 0) is 14.3 Å². The van der Waals surface area contributed by atoms with Crippen molar-refractivity contribution in [3.63, 3.8) is 0 Å². The fourth-order valence-electron chi connectivity index (χ4n) is 1.44. The fourth-order valence-corrected chi connectivity index (χ4v) is 1.44. The second-order valence-electron chi connectivity index (χ2n) is 3.79. The number of aldehydes is 1. The summed E-state index contributed by atoms with van der Waals surface area (Å²) in [6.07, 6.45) is 2.13. The van der Waals surface area contributed by atoms with Crippen LogP contribution in [0.15, 0.2) is 11.1 Å². The van der Waals surface area contributed by atoms with Crippen molar-refractivity contribution in [2.75, 3.05) is 13.2 Å². The van der Waals surface area contributed by atoms with Crippen molar-refractivity contribution in [1.29, 1.82) is 0 Å². The van der Waals surface area contributed by atoms with E-state index in [1.165, 1.54) is 0 Å². The van der Waals surface area contributed by atoms with Gasteiger partial charge in [-0.1, -0.05) is 19.4 Å². The minimum Gasteiger partial charge on any atom is -0.462 e. The van der Waals surface area contributed by atoms with Crippen molar-refractivity contribution in [3.05, 3.63) is 11.1 Å². The predicted molar refractivity (Wildman–Crippen MR) is 62.8 cm³/mol. The standard InChI is InChI=1S/C12H21NO3/c1-4-7-16-12(15)11(10(3)8-14)9(2)5-6-13/h8,10H,4-7,13H2,1-3H3. The first-order valence-corrected chi connectivity index (χ1v) is 5.60. The van der Waals surface area contributed by atoms with Crippen LogP contribution in [0.4, 0.5) is 0 Å². The van der Waals surface area contributed by atoms with Gasteiger partial charge in [-0.15, -0.1) is 0 Å². The maximum Gasteiger partial charge on any atom is 0.334 e. The molecule has 1 atom stereocenters. The van der Waals surface area contributed by atoms with E-state index in [9.17, 15) is 9.59 Å². The SMILES string of the molecule is CCCOC(=O)C(=C(C)CCN)C(C)C=O. The molecular weight excluding hydrogens is 206 g/mol. The average molecular weight is 227 g/mol. The lowest BCUT2D eigenvalue weighted by Crippen LogP contribution is -2.18. The van der Waals surface area contributed by atoms with Crippen molar-refractivity contribution in [2.24, 2.45) is 11.7 Å². The third-order valence-corrected chi connectivity index (χ3v) is 2.30. The lowest BCUT2D eigenvalue weighted by atomic mass is 9.96. The number of carbonyl (C=O) groups excluding carboxylic acids is 2. The molecule has 4 heteroatoms. The van der Waals surface area contributed by atoms with Crippen LogP contribution in [-0.4, -0.2) is 25.4 Å². The van der Waals surface area contributed by atoms with Crippen molar-refractivity contribution in [3.8, 4) is 0 Å². The Morgan fingerprint density at radius 1 is 1.50 bits per heavy atom. The molecule has 0 aromatic carbocycles. The molecular formula is C12H21NO3. The van der Waals surface area contributed by atoms with Gasteiger partial charge in [0, 0.05) is 11.5 Å². The van der Waals surface area contributed by atoms with E-state index in [1.807, 2.05) is 13.8 Å². The Morgan fingerprint density at radius 2 is 2.12 bits per heavy atom. The second-order valence-corrected chi connectivity index (χ2v) is 3.79. The largest absolute Gasteiger partial charge is 0.462 e. The number of hydrogen-bond donors (Lipinski definition) is 1. The molecule has 0 heterocycles. The van der Waals surface area contributed by atoms with Crippen LogP contribution < -0.4 is 5.73 Å². The van der Waals surface area contributed by atoms with Gasteiger partial charge in [0.15, 0.2) is 0 Å². The topological polar surface area (TPSA) is 69.4 Å². The highest BCUT2D eigenvalue weighted by molar-refractivity contribution is 5.93. The highest BCUT2D eigenvalue weighted by atomic mass is 16.5. The molecule has 2 N–H and O–H groups in total. The summed E-state index contributed by atoms with van der Waals surface area (Å²) in [5.74, 6) is -0.830. The second kappa shape index (κ2) is 8.05. The van der Waals surface area contributed by atoms with E-state index < -0.39 is 11.9 Å². The van der Waals surface area contributed by atoms with E-state index in [-0.39, 0.29) is 0 Å². The van der Waals surface area contributed by atoms with Crippen LogP contribution in [0.3, 0.4) is 0 Å². The van der Waals surface area contributed by atoms with Crippen molar-refractivity contribution < 1.29 is 14.3 Å². The molecule has 0 aliphatic carbocycles. The summed E-state index contributed by atoms with van der Waals surface area (Å²) in [7, 11) is 0. The van der Waals surface area contributed by atoms with E-state index in [2.05, 4.69) is 0 Å². The summed E-state index contributed by atoms with van der Waals surface area (Å²) in [5.41, 5.74) is 6.72. The van der Waals surface area contributed by atoms with Gasteiger partial charge in [0.2, 0.25) is 0 Å². The van der Waals surface area contributed by atoms with E-state index in [1.54, 1.807) is 6.92 Å². The third kappa shape index (κ3) is 4.57. The molecule has 0 fully saturated rings. The molecule has 0 spiro atoms. The summed E-state index contributed by atoms with van der Waals surface area (Å²) >= 11 is 0. The molecule has 0 aliphatic heterocycles. The number of hydrogen-bond acceptors (Lipinski definition) is 4. The number of rotatable bonds is 7. The first-order chi connectivity index (χ1) is 7.58. The number of ether oxygens (including phenoxy) is 1.